The molecule has 29 heavy (non-hydrogen) atoms. The summed E-state index contributed by atoms with van der Waals surface area (Å²) < 4.78 is 0. The summed E-state index contributed by atoms with van der Waals surface area (Å²) >= 11 is 1.80. The fourth-order valence-electron chi connectivity index (χ4n) is 3.67. The van der Waals surface area contributed by atoms with Crippen LogP contribution in [0.25, 0.3) is 22.0 Å². The van der Waals surface area contributed by atoms with Crippen LogP contribution < -0.4 is 5.73 Å². The van der Waals surface area contributed by atoms with E-state index in [0.29, 0.717) is 6.54 Å². The van der Waals surface area contributed by atoms with Crippen molar-refractivity contribution in [3.8, 4) is 0 Å². The second-order valence-electron chi connectivity index (χ2n) is 6.91. The minimum Gasteiger partial charge on any atom is -0.330 e. The molecule has 0 saturated heterocycles. The van der Waals surface area contributed by atoms with Crippen molar-refractivity contribution in [2.45, 2.75) is 18.2 Å². The lowest BCUT2D eigenvalue weighted by atomic mass is 9.88. The SMILES string of the molecule is CC/C(=C(/c1ccc(SCCN)cc1)c1ccc2[nH]ncc2c1)c1ccccc1. The van der Waals surface area contributed by atoms with Gasteiger partial charge < -0.3 is 5.73 Å². The third-order valence-electron chi connectivity index (χ3n) is 5.04. The fourth-order valence-corrected chi connectivity index (χ4v) is 4.35. The molecule has 0 atom stereocenters. The van der Waals surface area contributed by atoms with Gasteiger partial charge in [0.05, 0.1) is 11.7 Å². The minimum absolute atomic E-state index is 0.691. The maximum absolute atomic E-state index is 5.65. The molecule has 0 saturated carbocycles. The van der Waals surface area contributed by atoms with E-state index in [-0.39, 0.29) is 0 Å². The molecule has 0 aliphatic heterocycles. The number of benzene rings is 3. The van der Waals surface area contributed by atoms with E-state index < -0.39 is 0 Å². The number of aromatic amines is 1. The second-order valence-corrected chi connectivity index (χ2v) is 8.08. The number of thioether (sulfide) groups is 1. The molecule has 3 nitrogen and oxygen atoms in total. The minimum atomic E-state index is 0.691. The molecule has 146 valence electrons. The largest absolute Gasteiger partial charge is 0.330 e. The molecule has 0 spiro atoms. The monoisotopic (exact) mass is 399 g/mol. The van der Waals surface area contributed by atoms with E-state index in [0.717, 1.165) is 23.1 Å². The maximum Gasteiger partial charge on any atom is 0.0650 e. The first kappa shape index (κ1) is 19.5. The van der Waals surface area contributed by atoms with E-state index in [1.54, 1.807) is 11.8 Å². The maximum atomic E-state index is 5.65. The van der Waals surface area contributed by atoms with E-state index >= 15 is 0 Å². The number of nitrogens with one attached hydrogen (secondary N) is 1. The molecule has 0 bridgehead atoms. The molecular weight excluding hydrogens is 374 g/mol. The lowest BCUT2D eigenvalue weighted by Gasteiger charge is -2.17. The predicted molar refractivity (Wildman–Crippen MR) is 125 cm³/mol. The van der Waals surface area contributed by atoms with Crippen molar-refractivity contribution in [1.29, 1.82) is 0 Å². The highest BCUT2D eigenvalue weighted by Gasteiger charge is 2.14. The first-order valence-electron chi connectivity index (χ1n) is 9.95. The summed E-state index contributed by atoms with van der Waals surface area (Å²) in [4.78, 5) is 1.25. The molecule has 4 aromatic rings. The lowest BCUT2D eigenvalue weighted by Crippen LogP contribution is -2.00. The van der Waals surface area contributed by atoms with Gasteiger partial charge in [0.2, 0.25) is 0 Å². The number of H-pyrrole nitrogens is 1. The van der Waals surface area contributed by atoms with Crippen LogP contribution >= 0.6 is 11.8 Å². The zero-order chi connectivity index (χ0) is 20.1. The zero-order valence-corrected chi connectivity index (χ0v) is 17.4. The highest BCUT2D eigenvalue weighted by Crippen LogP contribution is 2.36. The summed E-state index contributed by atoms with van der Waals surface area (Å²) in [6, 6.07) is 26.0. The second kappa shape index (κ2) is 9.12. The Morgan fingerprint density at radius 3 is 2.41 bits per heavy atom. The molecule has 0 amide bonds. The number of allylic oxidation sites excluding steroid dienone is 1. The van der Waals surface area contributed by atoms with Crippen molar-refractivity contribution in [1.82, 2.24) is 10.2 Å². The van der Waals surface area contributed by atoms with Gasteiger partial charge in [-0.1, -0.05) is 55.5 Å². The van der Waals surface area contributed by atoms with Gasteiger partial charge in [0.1, 0.15) is 0 Å². The third kappa shape index (κ3) is 4.29. The first-order chi connectivity index (χ1) is 14.3. The third-order valence-corrected chi connectivity index (χ3v) is 6.08. The standard InChI is InChI=1S/C25H25N3S/c1-2-23(18-6-4-3-5-7-18)25(19-8-11-22(12-9-19)29-15-14-26)20-10-13-24-21(16-20)17-27-28-24/h3-13,16-17H,2,14-15,26H2,1H3,(H,27,28)/b25-23+. The van der Waals surface area contributed by atoms with Crippen LogP contribution in [0, 0.1) is 0 Å². The molecule has 3 aromatic carbocycles. The summed E-state index contributed by atoms with van der Waals surface area (Å²) in [5.74, 6) is 0.934. The average molecular weight is 400 g/mol. The van der Waals surface area contributed by atoms with Crippen LogP contribution in [0.5, 0.6) is 0 Å². The Labute approximate surface area is 176 Å². The number of nitrogens with two attached hydrogens (primary N) is 1. The Morgan fingerprint density at radius 2 is 1.69 bits per heavy atom. The smallest absolute Gasteiger partial charge is 0.0650 e. The van der Waals surface area contributed by atoms with Crippen molar-refractivity contribution >= 4 is 33.8 Å². The van der Waals surface area contributed by atoms with Gasteiger partial charge in [0, 0.05) is 22.6 Å². The number of hydrogen-bond acceptors (Lipinski definition) is 3. The number of hydrogen-bond donors (Lipinski definition) is 2. The molecule has 1 heterocycles. The van der Waals surface area contributed by atoms with Crippen LogP contribution in [0.4, 0.5) is 0 Å². The number of aromatic nitrogens is 2. The highest BCUT2D eigenvalue weighted by atomic mass is 32.2. The fraction of sp³-hybridized carbons (Fsp3) is 0.160. The Morgan fingerprint density at radius 1 is 0.931 bits per heavy atom. The first-order valence-corrected chi connectivity index (χ1v) is 10.9. The van der Waals surface area contributed by atoms with Gasteiger partial charge in [-0.2, -0.15) is 5.10 Å². The van der Waals surface area contributed by atoms with Gasteiger partial charge >= 0.3 is 0 Å². The van der Waals surface area contributed by atoms with Crippen LogP contribution in [0.3, 0.4) is 0 Å². The molecule has 0 aliphatic carbocycles. The molecule has 0 aliphatic rings. The molecule has 0 radical (unpaired) electrons. The van der Waals surface area contributed by atoms with Crippen molar-refractivity contribution in [3.05, 3.63) is 95.7 Å². The van der Waals surface area contributed by atoms with Gasteiger partial charge in [-0.25, -0.2) is 0 Å². The Balaban J connectivity index is 1.88. The van der Waals surface area contributed by atoms with E-state index in [2.05, 4.69) is 89.9 Å². The van der Waals surface area contributed by atoms with Crippen molar-refractivity contribution in [2.24, 2.45) is 5.73 Å². The molecule has 4 rings (SSSR count). The Bertz CT molecular complexity index is 1110. The van der Waals surface area contributed by atoms with E-state index in [1.165, 1.54) is 32.7 Å². The normalized spacial score (nSPS) is 12.2. The van der Waals surface area contributed by atoms with Crippen molar-refractivity contribution < 1.29 is 0 Å². The van der Waals surface area contributed by atoms with E-state index in [1.807, 2.05) is 6.20 Å². The molecule has 3 N–H and O–H groups in total. The quantitative estimate of drug-likeness (QED) is 0.297. The van der Waals surface area contributed by atoms with Crippen LogP contribution in [0.1, 0.15) is 30.0 Å². The van der Waals surface area contributed by atoms with Crippen LogP contribution in [0.2, 0.25) is 0 Å². The Hall–Kier alpha value is -2.82. The highest BCUT2D eigenvalue weighted by molar-refractivity contribution is 7.99. The molecular formula is C25H25N3S. The zero-order valence-electron chi connectivity index (χ0n) is 16.6. The van der Waals surface area contributed by atoms with Gasteiger partial charge in [-0.05, 0) is 58.5 Å². The summed E-state index contributed by atoms with van der Waals surface area (Å²) in [6.45, 7) is 2.92. The van der Waals surface area contributed by atoms with Crippen molar-refractivity contribution in [2.75, 3.05) is 12.3 Å². The van der Waals surface area contributed by atoms with E-state index in [4.69, 9.17) is 5.73 Å². The molecule has 0 unspecified atom stereocenters. The van der Waals surface area contributed by atoms with Gasteiger partial charge in [0.25, 0.3) is 0 Å². The lowest BCUT2D eigenvalue weighted by molar-refractivity contribution is 1.12. The van der Waals surface area contributed by atoms with Crippen LogP contribution in [-0.2, 0) is 0 Å². The summed E-state index contributed by atoms with van der Waals surface area (Å²) in [5.41, 5.74) is 13.0. The van der Waals surface area contributed by atoms with Crippen LogP contribution in [0.15, 0.2) is 83.9 Å². The summed E-state index contributed by atoms with van der Waals surface area (Å²) in [5, 5.41) is 8.36. The summed E-state index contributed by atoms with van der Waals surface area (Å²) in [6.07, 6.45) is 2.84. The van der Waals surface area contributed by atoms with Gasteiger partial charge in [-0.15, -0.1) is 11.8 Å². The number of rotatable bonds is 7. The number of fused-ring (bicyclic) bond motifs is 1. The van der Waals surface area contributed by atoms with Gasteiger partial charge in [-0.3, -0.25) is 5.10 Å². The van der Waals surface area contributed by atoms with Crippen LogP contribution in [-0.4, -0.2) is 22.5 Å². The predicted octanol–water partition coefficient (Wildman–Crippen LogP) is 5.98. The van der Waals surface area contributed by atoms with Crippen molar-refractivity contribution in [3.63, 3.8) is 0 Å². The topological polar surface area (TPSA) is 54.7 Å². The molecule has 0 fully saturated rings. The summed E-state index contributed by atoms with van der Waals surface area (Å²) in [7, 11) is 0. The number of nitrogens with zero attached hydrogens (tertiary/aromatic N) is 1. The van der Waals surface area contributed by atoms with Gasteiger partial charge in [0.15, 0.2) is 0 Å². The molecule has 4 heteroatoms. The Kier molecular flexibility index (Phi) is 6.13. The van der Waals surface area contributed by atoms with E-state index in [9.17, 15) is 0 Å². The average Bonchev–Trinajstić information content (AvgIpc) is 3.25. The molecule has 1 aromatic heterocycles.